The summed E-state index contributed by atoms with van der Waals surface area (Å²) in [6.45, 7) is 1.57. The van der Waals surface area contributed by atoms with Gasteiger partial charge >= 0.3 is 0 Å². The fraction of sp³-hybridized carbons (Fsp3) is 0.115. The third-order valence-electron chi connectivity index (χ3n) is 5.09. The maximum Gasteiger partial charge on any atom is 0.256 e. The molecule has 0 aliphatic heterocycles. The number of pyridine rings is 1. The number of ketones is 1. The number of para-hydroxylation sites is 1. The number of nitrogens with one attached hydrogen (secondary N) is 1. The fourth-order valence-corrected chi connectivity index (χ4v) is 3.52. The molecule has 148 valence electrons. The molecule has 4 heteroatoms. The average molecular weight is 394 g/mol. The fourth-order valence-electron chi connectivity index (χ4n) is 3.52. The molecule has 1 amide bonds. The van der Waals surface area contributed by atoms with Gasteiger partial charge in [0.05, 0.1) is 11.2 Å². The van der Waals surface area contributed by atoms with Gasteiger partial charge in [0.15, 0.2) is 0 Å². The first-order valence-corrected chi connectivity index (χ1v) is 9.95. The van der Waals surface area contributed by atoms with Gasteiger partial charge in [-0.15, -0.1) is 0 Å². The number of anilines is 1. The number of fused-ring (bicyclic) bond motifs is 1. The van der Waals surface area contributed by atoms with E-state index in [1.54, 1.807) is 13.1 Å². The summed E-state index contributed by atoms with van der Waals surface area (Å²) in [6.07, 6.45) is 2.65. The number of carbonyl (C=O) groups excluding carboxylic acids is 2. The van der Waals surface area contributed by atoms with Crippen molar-refractivity contribution in [2.24, 2.45) is 0 Å². The van der Waals surface area contributed by atoms with E-state index in [-0.39, 0.29) is 11.7 Å². The molecule has 0 unspecified atom stereocenters. The van der Waals surface area contributed by atoms with E-state index >= 15 is 0 Å². The number of rotatable bonds is 6. The monoisotopic (exact) mass is 394 g/mol. The first kappa shape index (κ1) is 19.5. The minimum atomic E-state index is -0.204. The van der Waals surface area contributed by atoms with Crippen LogP contribution in [0.3, 0.4) is 0 Å². The van der Waals surface area contributed by atoms with E-state index in [4.69, 9.17) is 0 Å². The van der Waals surface area contributed by atoms with Crippen LogP contribution in [0.2, 0.25) is 0 Å². The Morgan fingerprint density at radius 1 is 0.867 bits per heavy atom. The summed E-state index contributed by atoms with van der Waals surface area (Å²) in [5.41, 5.74) is 4.85. The quantitative estimate of drug-likeness (QED) is 0.458. The number of hydrogen-bond donors (Lipinski definition) is 1. The zero-order chi connectivity index (χ0) is 20.9. The predicted octanol–water partition coefficient (Wildman–Crippen LogP) is 5.68. The first-order chi connectivity index (χ1) is 14.6. The van der Waals surface area contributed by atoms with E-state index in [1.807, 2.05) is 78.9 Å². The highest BCUT2D eigenvalue weighted by Gasteiger charge is 2.15. The molecule has 0 aliphatic carbocycles. The van der Waals surface area contributed by atoms with E-state index in [0.29, 0.717) is 24.1 Å². The molecule has 0 spiro atoms. The van der Waals surface area contributed by atoms with Crippen LogP contribution >= 0.6 is 0 Å². The molecule has 0 aliphatic rings. The lowest BCUT2D eigenvalue weighted by atomic mass is 9.95. The number of hydrogen-bond acceptors (Lipinski definition) is 3. The molecule has 0 saturated heterocycles. The molecule has 1 N–H and O–H groups in total. The van der Waals surface area contributed by atoms with Crippen LogP contribution in [0.15, 0.2) is 85.1 Å². The largest absolute Gasteiger partial charge is 0.320 e. The average Bonchev–Trinajstić information content (AvgIpc) is 2.78. The molecule has 0 fully saturated rings. The molecular weight excluding hydrogens is 372 g/mol. The highest BCUT2D eigenvalue weighted by atomic mass is 16.1. The summed E-state index contributed by atoms with van der Waals surface area (Å²) in [6, 6.07) is 25.3. The van der Waals surface area contributed by atoms with Crippen molar-refractivity contribution in [1.82, 2.24) is 4.98 Å². The van der Waals surface area contributed by atoms with Crippen molar-refractivity contribution in [3.05, 3.63) is 96.2 Å². The topological polar surface area (TPSA) is 59.1 Å². The Balaban J connectivity index is 1.72. The molecule has 0 bridgehead atoms. The first-order valence-electron chi connectivity index (χ1n) is 9.95. The summed E-state index contributed by atoms with van der Waals surface area (Å²) in [4.78, 5) is 29.2. The van der Waals surface area contributed by atoms with Crippen LogP contribution in [0.1, 0.15) is 29.3 Å². The highest BCUT2D eigenvalue weighted by molar-refractivity contribution is 6.09. The number of amides is 1. The number of carbonyl (C=O) groups is 2. The Labute approximate surface area is 175 Å². The summed E-state index contributed by atoms with van der Waals surface area (Å²) in [5, 5.41) is 3.98. The Hall–Kier alpha value is -3.79. The Morgan fingerprint density at radius 2 is 1.67 bits per heavy atom. The molecule has 1 heterocycles. The van der Waals surface area contributed by atoms with E-state index in [0.717, 1.165) is 27.6 Å². The molecule has 3 aromatic carbocycles. The van der Waals surface area contributed by atoms with Crippen molar-refractivity contribution in [2.45, 2.75) is 19.8 Å². The number of aromatic nitrogens is 1. The SMILES string of the molecule is CC(=O)CCc1ccc(-c2ccccc2)cc1C(=O)Nc1cccc2cccnc12. The van der Waals surface area contributed by atoms with Gasteiger partial charge in [-0.2, -0.15) is 0 Å². The van der Waals surface area contributed by atoms with Gasteiger partial charge in [-0.05, 0) is 48.2 Å². The van der Waals surface area contributed by atoms with Gasteiger partial charge in [0.25, 0.3) is 5.91 Å². The molecule has 4 rings (SSSR count). The maximum atomic E-state index is 13.3. The van der Waals surface area contributed by atoms with Crippen LogP contribution in [0.25, 0.3) is 22.0 Å². The molecule has 0 atom stereocenters. The second-order valence-corrected chi connectivity index (χ2v) is 7.27. The number of nitrogens with zero attached hydrogens (tertiary/aromatic N) is 1. The van der Waals surface area contributed by atoms with Crippen LogP contribution in [0, 0.1) is 0 Å². The maximum absolute atomic E-state index is 13.3. The highest BCUT2D eigenvalue weighted by Crippen LogP contribution is 2.26. The lowest BCUT2D eigenvalue weighted by Gasteiger charge is -2.13. The minimum Gasteiger partial charge on any atom is -0.320 e. The predicted molar refractivity (Wildman–Crippen MR) is 121 cm³/mol. The van der Waals surface area contributed by atoms with Gasteiger partial charge in [-0.25, -0.2) is 0 Å². The smallest absolute Gasteiger partial charge is 0.256 e. The minimum absolute atomic E-state index is 0.103. The Morgan fingerprint density at radius 3 is 2.47 bits per heavy atom. The third-order valence-corrected chi connectivity index (χ3v) is 5.09. The third kappa shape index (κ3) is 4.28. The standard InChI is InChI=1S/C26H22N2O2/c1-18(29)12-13-20-14-15-22(19-7-3-2-4-8-19)17-23(20)26(30)28-24-11-5-9-21-10-6-16-27-25(21)24/h2-11,14-17H,12-13H2,1H3,(H,28,30). The van der Waals surface area contributed by atoms with E-state index in [2.05, 4.69) is 10.3 Å². The second-order valence-electron chi connectivity index (χ2n) is 7.27. The van der Waals surface area contributed by atoms with Crippen LogP contribution in [-0.2, 0) is 11.2 Å². The summed E-state index contributed by atoms with van der Waals surface area (Å²) in [5.74, 6) is -0.101. The molecule has 1 aromatic heterocycles. The number of benzene rings is 3. The van der Waals surface area contributed by atoms with Crippen LogP contribution in [0.4, 0.5) is 5.69 Å². The van der Waals surface area contributed by atoms with Crippen LogP contribution in [0.5, 0.6) is 0 Å². The number of Topliss-reactive ketones (excluding diaryl/α,β-unsaturated/α-hetero) is 1. The molecule has 0 radical (unpaired) electrons. The van der Waals surface area contributed by atoms with Crippen LogP contribution in [-0.4, -0.2) is 16.7 Å². The van der Waals surface area contributed by atoms with Crippen molar-refractivity contribution in [2.75, 3.05) is 5.32 Å². The molecule has 4 nitrogen and oxygen atoms in total. The van der Waals surface area contributed by atoms with E-state index in [9.17, 15) is 9.59 Å². The normalized spacial score (nSPS) is 10.7. The van der Waals surface area contributed by atoms with Gasteiger partial charge in [0.2, 0.25) is 0 Å². The van der Waals surface area contributed by atoms with Crippen molar-refractivity contribution in [3.8, 4) is 11.1 Å². The van der Waals surface area contributed by atoms with Crippen molar-refractivity contribution < 1.29 is 9.59 Å². The van der Waals surface area contributed by atoms with Gasteiger partial charge in [-0.1, -0.05) is 60.7 Å². The molecular formula is C26H22N2O2. The second kappa shape index (κ2) is 8.70. The van der Waals surface area contributed by atoms with Crippen molar-refractivity contribution in [3.63, 3.8) is 0 Å². The van der Waals surface area contributed by atoms with Gasteiger partial charge in [0, 0.05) is 23.6 Å². The zero-order valence-electron chi connectivity index (χ0n) is 16.8. The van der Waals surface area contributed by atoms with Crippen LogP contribution < -0.4 is 5.32 Å². The Kier molecular flexibility index (Phi) is 5.66. The van der Waals surface area contributed by atoms with E-state index in [1.165, 1.54) is 0 Å². The van der Waals surface area contributed by atoms with Gasteiger partial charge < -0.3 is 10.1 Å². The number of aryl methyl sites for hydroxylation is 1. The molecule has 0 saturated carbocycles. The summed E-state index contributed by atoms with van der Waals surface area (Å²) in [7, 11) is 0. The van der Waals surface area contributed by atoms with Gasteiger partial charge in [0.1, 0.15) is 5.78 Å². The van der Waals surface area contributed by atoms with E-state index < -0.39 is 0 Å². The summed E-state index contributed by atoms with van der Waals surface area (Å²) < 4.78 is 0. The van der Waals surface area contributed by atoms with Crippen molar-refractivity contribution >= 4 is 28.3 Å². The summed E-state index contributed by atoms with van der Waals surface area (Å²) >= 11 is 0. The Bertz CT molecular complexity index is 1210. The van der Waals surface area contributed by atoms with Gasteiger partial charge in [-0.3, -0.25) is 9.78 Å². The van der Waals surface area contributed by atoms with Crippen molar-refractivity contribution in [1.29, 1.82) is 0 Å². The molecule has 30 heavy (non-hydrogen) atoms. The lowest BCUT2D eigenvalue weighted by molar-refractivity contribution is -0.116. The molecule has 4 aromatic rings. The zero-order valence-corrected chi connectivity index (χ0v) is 16.8. The lowest BCUT2D eigenvalue weighted by Crippen LogP contribution is -2.15.